The van der Waals surface area contributed by atoms with Crippen LogP contribution in [0, 0.1) is 13.8 Å². The molecule has 6 aromatic rings. The molecule has 0 saturated carbocycles. The van der Waals surface area contributed by atoms with Gasteiger partial charge < -0.3 is 29.5 Å². The second kappa shape index (κ2) is 32.7. The molecule has 0 bridgehead atoms. The third-order valence-electron chi connectivity index (χ3n) is 13.9. The molecule has 4 aromatic carbocycles. The minimum atomic E-state index is -5.03. The van der Waals surface area contributed by atoms with E-state index in [1.165, 1.54) is 48.7 Å². The SMILES string of the molecule is CC(C)(C(=O)Cl)c1cc(C(F)(F)F)cc(C(F)(F)F)c1.CNc1cnc(N2CCOCC2)cc1-c1ccccc1C.Cc1ccccc1-c1cc(N2CCOCC2)ncc1N(C)C(=O)C(C)(C)c1cc(C(F)(F)F)cc(C(F)(F)F)c1.II.I[I-]I. The average molecular weight is 1800 g/mol. The van der Waals surface area contributed by atoms with Crippen LogP contribution in [0.1, 0.15) is 72.2 Å². The van der Waals surface area contributed by atoms with Gasteiger partial charge in [-0.2, -0.15) is 52.7 Å². The van der Waals surface area contributed by atoms with E-state index in [2.05, 4.69) is 132 Å². The number of morpholine rings is 2. The summed E-state index contributed by atoms with van der Waals surface area (Å²) in [5.41, 5.74) is -2.64. The summed E-state index contributed by atoms with van der Waals surface area (Å²) >= 11 is 14.8. The Balaban J connectivity index is 0.000000290. The van der Waals surface area contributed by atoms with Crippen molar-refractivity contribution in [2.45, 2.75) is 77.1 Å². The van der Waals surface area contributed by atoms with E-state index in [-0.39, 0.29) is 12.1 Å². The number of hydrogen-bond acceptors (Lipinski definition) is 9. The van der Waals surface area contributed by atoms with Crippen LogP contribution in [0.25, 0.3) is 22.3 Å². The van der Waals surface area contributed by atoms with Gasteiger partial charge in [0.25, 0.3) is 0 Å². The van der Waals surface area contributed by atoms with E-state index in [1.54, 1.807) is 0 Å². The number of pyridine rings is 2. The van der Waals surface area contributed by atoms with Crippen molar-refractivity contribution >= 4 is 120 Å². The zero-order valence-electron chi connectivity index (χ0n) is 47.2. The molecule has 8 rings (SSSR count). The average Bonchev–Trinajstić information content (AvgIpc) is 2.76. The van der Waals surface area contributed by atoms with Gasteiger partial charge in [0.05, 0.1) is 83.3 Å². The van der Waals surface area contributed by atoms with E-state index in [0.717, 1.165) is 62.8 Å². The van der Waals surface area contributed by atoms with Gasteiger partial charge in [0.2, 0.25) is 11.1 Å². The Hall–Kier alpha value is -3.26. The van der Waals surface area contributed by atoms with Crippen molar-refractivity contribution in [2.24, 2.45) is 0 Å². The third kappa shape index (κ3) is 20.4. The number of hydrogen-bond donors (Lipinski definition) is 1. The van der Waals surface area contributed by atoms with Crippen molar-refractivity contribution in [3.63, 3.8) is 0 Å². The van der Waals surface area contributed by atoms with Crippen LogP contribution < -0.4 is 33.3 Å². The number of anilines is 4. The van der Waals surface area contributed by atoms with Gasteiger partial charge in [-0.1, -0.05) is 48.5 Å². The van der Waals surface area contributed by atoms with Gasteiger partial charge in [0.15, 0.2) is 0 Å². The summed E-state index contributed by atoms with van der Waals surface area (Å²) < 4.78 is 168. The maximum atomic E-state index is 13.9. The molecule has 0 atom stereocenters. The predicted octanol–water partition coefficient (Wildman–Crippen LogP) is 15.1. The Morgan fingerprint density at radius 1 is 0.547 bits per heavy atom. The fourth-order valence-corrected chi connectivity index (χ4v) is 8.97. The number of likely N-dealkylation sites (N-methyl/N-ethyl adjacent to an activating group) is 1. The number of alkyl halides is 12. The maximum absolute atomic E-state index is 13.9. The molecule has 1 N–H and O–H groups in total. The van der Waals surface area contributed by atoms with E-state index >= 15 is 0 Å². The number of nitrogens with one attached hydrogen (secondary N) is 1. The van der Waals surface area contributed by atoms with Crippen molar-refractivity contribution in [3.8, 4) is 22.3 Å². The van der Waals surface area contributed by atoms with Crippen LogP contribution in [-0.2, 0) is 54.6 Å². The molecule has 0 aliphatic carbocycles. The van der Waals surface area contributed by atoms with Crippen molar-refractivity contribution in [1.29, 1.82) is 0 Å². The zero-order valence-corrected chi connectivity index (χ0v) is 58.8. The molecule has 28 heteroatoms. The number of nitrogens with zero attached hydrogens (tertiary/aromatic N) is 5. The summed E-state index contributed by atoms with van der Waals surface area (Å²) in [5.74, 6) is 0.990. The summed E-state index contributed by atoms with van der Waals surface area (Å²) in [6.07, 6.45) is -16.5. The zero-order chi connectivity index (χ0) is 64.8. The first-order chi connectivity index (χ1) is 40.1. The summed E-state index contributed by atoms with van der Waals surface area (Å²) in [4.78, 5) is 39.8. The molecule has 2 fully saturated rings. The van der Waals surface area contributed by atoms with Crippen molar-refractivity contribution < 1.29 is 85.0 Å². The third-order valence-corrected chi connectivity index (χ3v) is 14.4. The Morgan fingerprint density at radius 3 is 1.22 bits per heavy atom. The predicted molar refractivity (Wildman–Crippen MR) is 344 cm³/mol. The molecule has 0 unspecified atom stereocenters. The van der Waals surface area contributed by atoms with Gasteiger partial charge >= 0.3 is 75.2 Å². The molecule has 10 nitrogen and oxygen atoms in total. The molecule has 2 aromatic heterocycles. The Kier molecular flexibility index (Phi) is 28.6. The van der Waals surface area contributed by atoms with Crippen LogP contribution in [0.15, 0.2) is 109 Å². The van der Waals surface area contributed by atoms with Gasteiger partial charge in [0, 0.05) is 88.6 Å². The summed E-state index contributed by atoms with van der Waals surface area (Å²) in [7, 11) is 3.38. The molecule has 86 heavy (non-hydrogen) atoms. The molecule has 1 amide bonds. The van der Waals surface area contributed by atoms with Gasteiger partial charge in [-0.3, -0.25) is 9.59 Å². The van der Waals surface area contributed by atoms with Crippen molar-refractivity contribution in [1.82, 2.24) is 9.97 Å². The molecule has 2 saturated heterocycles. The number of benzene rings is 4. The first-order valence-electron chi connectivity index (χ1n) is 25.6. The number of aryl methyl sites for hydroxylation is 2. The number of rotatable bonds is 10. The molecular weight excluding hydrogens is 1740 g/mol. The minimum absolute atomic E-state index is 0.00170. The summed E-state index contributed by atoms with van der Waals surface area (Å²) in [6.45, 7) is 14.6. The Morgan fingerprint density at radius 2 is 0.872 bits per heavy atom. The topological polar surface area (TPSA) is 100 Å². The molecule has 4 heterocycles. The molecule has 0 radical (unpaired) electrons. The number of halogens is 18. The van der Waals surface area contributed by atoms with E-state index in [9.17, 15) is 62.3 Å². The molecule has 2 aliphatic heterocycles. The van der Waals surface area contributed by atoms with Crippen LogP contribution in [0.4, 0.5) is 75.7 Å². The fourth-order valence-electron chi connectivity index (χ4n) is 8.86. The molecule has 0 spiro atoms. The van der Waals surface area contributed by atoms with Gasteiger partial charge in [-0.15, -0.1) is 0 Å². The normalized spacial score (nSPS) is 14.0. The molecular formula is C58H59ClF12I5N6O4-. The number of amides is 1. The second-order valence-corrected chi connectivity index (χ2v) is 36.8. The molecule has 2 aliphatic rings. The van der Waals surface area contributed by atoms with Gasteiger partial charge in [0.1, 0.15) is 11.6 Å². The van der Waals surface area contributed by atoms with E-state index in [0.29, 0.717) is 80.9 Å². The van der Waals surface area contributed by atoms with Crippen LogP contribution in [0.3, 0.4) is 0 Å². The van der Waals surface area contributed by atoms with Gasteiger partial charge in [-0.25, -0.2) is 9.97 Å². The summed E-state index contributed by atoms with van der Waals surface area (Å²) in [6, 6.07) is 22.2. The van der Waals surface area contributed by atoms with Gasteiger partial charge in [-0.05, 0) is 135 Å². The van der Waals surface area contributed by atoms with Crippen molar-refractivity contribution in [3.05, 3.63) is 154 Å². The number of carbonyl (C=O) groups is 2. The summed E-state index contributed by atoms with van der Waals surface area (Å²) in [5, 5.41) is 2.19. The van der Waals surface area contributed by atoms with Crippen LogP contribution in [-0.4, -0.2) is 87.8 Å². The van der Waals surface area contributed by atoms with E-state index in [1.807, 2.05) is 55.4 Å². The quantitative estimate of drug-likeness (QED) is 0.0816. The first kappa shape index (κ1) is 75.2. The van der Waals surface area contributed by atoms with E-state index < -0.39 is 80.1 Å². The standard InChI is InChI=1S/C29H29F6N3O2.C17H21N3O.C12H9ClF6O.I3.I2/c1-18-7-5-6-8-22(18)23-16-25(38-9-11-40-12-10-38)36-17-24(23)37(4)26(39)27(2,3)19-13-20(28(30,31)32)15-21(14-19)29(33,34)35;1-13-5-3-4-6-14(13)15-11-17(19-12-16(15)18-2)20-7-9-21-10-8-20;1-10(2,9(13)20)6-3-7(11(14,15)16)5-8(4-6)12(17,18)19;1-3-2;1-2/h5-8,13-17H,9-12H2,1-4H3;3-6,11-12,18H,7-10H2,1-2H3;3-5H,1-2H3;;/q;;;-1;. The first-order valence-corrected chi connectivity index (χ1v) is 44.9. The number of ether oxygens (including phenoxy) is 2. The van der Waals surface area contributed by atoms with Crippen LogP contribution in [0.2, 0.25) is 0 Å². The molecule has 472 valence electrons. The second-order valence-electron chi connectivity index (χ2n) is 20.3. The van der Waals surface area contributed by atoms with Crippen LogP contribution in [0.5, 0.6) is 0 Å². The number of aromatic nitrogens is 2. The Labute approximate surface area is 549 Å². The Bertz CT molecular complexity index is 3170. The van der Waals surface area contributed by atoms with Crippen LogP contribution >= 0.6 is 86.1 Å². The van der Waals surface area contributed by atoms with Crippen molar-refractivity contribution in [2.75, 3.05) is 86.7 Å². The number of carbonyl (C=O) groups excluding carboxylic acids is 2. The fraction of sp³-hybridized carbons (Fsp3) is 0.379. The monoisotopic (exact) mass is 1800 g/mol. The van der Waals surface area contributed by atoms with E-state index in [4.69, 9.17) is 21.1 Å².